The molecule has 0 aromatic heterocycles. The summed E-state index contributed by atoms with van der Waals surface area (Å²) in [6.07, 6.45) is 15.5. The first-order chi connectivity index (χ1) is 40.8. The number of allylic oxidation sites excluding steroid dienone is 7. The van der Waals surface area contributed by atoms with Gasteiger partial charge in [-0.1, -0.05) is 123 Å². The van der Waals surface area contributed by atoms with E-state index in [1.165, 1.54) is 45.2 Å². The molecule has 0 spiro atoms. The second-order valence-electron chi connectivity index (χ2n) is 23.5. The van der Waals surface area contributed by atoms with Crippen LogP contribution in [-0.2, 0) is 25.2 Å². The molecule has 15 heteroatoms. The topological polar surface area (TPSA) is 147 Å². The number of rotatable bonds is 20. The third-order valence-corrected chi connectivity index (χ3v) is 17.0. The number of halogens is 2. The zero-order valence-corrected chi connectivity index (χ0v) is 51.9. The van der Waals surface area contributed by atoms with Gasteiger partial charge in [-0.05, 0) is 126 Å². The maximum Gasteiger partial charge on any atom is 0.306 e. The quantitative estimate of drug-likeness (QED) is 0.0257. The highest BCUT2D eigenvalue weighted by atomic mass is 35.5. The Balaban J connectivity index is 0.00000442. The predicted molar refractivity (Wildman–Crippen MR) is 350 cm³/mol. The van der Waals surface area contributed by atoms with E-state index in [1.807, 2.05) is 104 Å². The van der Waals surface area contributed by atoms with E-state index in [4.69, 9.17) is 15.0 Å². The van der Waals surface area contributed by atoms with Crippen molar-refractivity contribution in [3.63, 3.8) is 0 Å². The van der Waals surface area contributed by atoms with Crippen molar-refractivity contribution in [2.75, 3.05) is 48.3 Å². The van der Waals surface area contributed by atoms with Crippen molar-refractivity contribution in [2.45, 2.75) is 103 Å². The molecular weight excluding hydrogens is 1110 g/mol. The van der Waals surface area contributed by atoms with Crippen LogP contribution < -0.4 is 38.6 Å². The summed E-state index contributed by atoms with van der Waals surface area (Å²) in [6, 6.07) is 49.0. The van der Waals surface area contributed by atoms with Crippen molar-refractivity contribution in [1.29, 1.82) is 0 Å². The van der Waals surface area contributed by atoms with Gasteiger partial charge in [0, 0.05) is 105 Å². The van der Waals surface area contributed by atoms with E-state index in [1.54, 1.807) is 0 Å². The van der Waals surface area contributed by atoms with Crippen molar-refractivity contribution in [3.05, 3.63) is 204 Å². The molecule has 7 aromatic rings. The number of azo groups is 2. The number of carbonyl (C=O) groups excluding carboxylic acids is 2. The second kappa shape index (κ2) is 26.9. The molecule has 0 radical (unpaired) electrons. The van der Waals surface area contributed by atoms with Crippen LogP contribution in [0.25, 0.3) is 21.5 Å². The summed E-state index contributed by atoms with van der Waals surface area (Å²) in [4.78, 5) is 28.8. The molecule has 13 nitrogen and oxygen atoms in total. The van der Waals surface area contributed by atoms with Gasteiger partial charge >= 0.3 is 5.97 Å². The lowest BCUT2D eigenvalue weighted by molar-refractivity contribution is -0.433. The van der Waals surface area contributed by atoms with E-state index < -0.39 is 11.6 Å². The molecule has 0 saturated carbocycles. The van der Waals surface area contributed by atoms with Crippen LogP contribution in [0, 0.1) is 5.92 Å². The van der Waals surface area contributed by atoms with E-state index in [9.17, 15) is 9.59 Å². The largest absolute Gasteiger partial charge is 1.00 e. The summed E-state index contributed by atoms with van der Waals surface area (Å²) in [5, 5.41) is 36.3. The predicted octanol–water partition coefficient (Wildman–Crippen LogP) is 14.2. The van der Waals surface area contributed by atoms with E-state index in [0.29, 0.717) is 18.8 Å². The van der Waals surface area contributed by atoms with Gasteiger partial charge in [-0.3, -0.25) is 9.59 Å². The van der Waals surface area contributed by atoms with Crippen LogP contribution in [0.1, 0.15) is 98.1 Å². The normalized spacial score (nSPS) is 18.8. The SMILES string of the molecule is CCN1/C(=C\C=C\C2=C(NCCCNC(=O)CCC(=O)OCC3(C)Nc4cccc5c(N=Nc6ccc(N=Nc7ccccc7)c7ccccc67)ccc(c45)N3)C(/C=C/C3=[N+](CC)c4ccccc4C3(C)C)CCC2)C(C)(C)c2ccccc21.Cl.[Cl-]. The maximum absolute atomic E-state index is 13.2. The smallest absolute Gasteiger partial charge is 0.306 e. The minimum Gasteiger partial charge on any atom is -1.00 e. The molecule has 7 aromatic carbocycles. The summed E-state index contributed by atoms with van der Waals surface area (Å²) in [7, 11) is 0. The lowest BCUT2D eigenvalue weighted by Gasteiger charge is -2.38. The molecule has 0 saturated heterocycles. The number of hydrogen-bond acceptors (Lipinski definition) is 11. The highest BCUT2D eigenvalue weighted by Gasteiger charge is 2.44. The van der Waals surface area contributed by atoms with Gasteiger partial charge in [0.2, 0.25) is 11.6 Å². The minimum absolute atomic E-state index is 0. The van der Waals surface area contributed by atoms with Gasteiger partial charge in [-0.15, -0.1) is 27.7 Å². The summed E-state index contributed by atoms with van der Waals surface area (Å²) < 4.78 is 8.29. The van der Waals surface area contributed by atoms with Gasteiger partial charge in [-0.2, -0.15) is 9.69 Å². The zero-order valence-electron chi connectivity index (χ0n) is 50.3. The second-order valence-corrected chi connectivity index (χ2v) is 23.5. The Bertz CT molecular complexity index is 3870. The molecule has 3 aliphatic heterocycles. The molecule has 86 heavy (non-hydrogen) atoms. The molecule has 4 aliphatic rings. The lowest BCUT2D eigenvalue weighted by atomic mass is 9.80. The first-order valence-corrected chi connectivity index (χ1v) is 29.9. The molecule has 444 valence electrons. The summed E-state index contributed by atoms with van der Waals surface area (Å²) in [5.74, 6) is -0.412. The summed E-state index contributed by atoms with van der Waals surface area (Å²) >= 11 is 0. The van der Waals surface area contributed by atoms with Gasteiger partial charge in [0.15, 0.2) is 5.71 Å². The van der Waals surface area contributed by atoms with Gasteiger partial charge in [0.1, 0.15) is 18.8 Å². The van der Waals surface area contributed by atoms with Crippen LogP contribution >= 0.6 is 12.4 Å². The summed E-state index contributed by atoms with van der Waals surface area (Å²) in [5.41, 5.74) is 14.2. The van der Waals surface area contributed by atoms with Gasteiger partial charge in [0.05, 0.1) is 34.6 Å². The number of para-hydroxylation sites is 2. The van der Waals surface area contributed by atoms with Crippen LogP contribution in [-0.4, -0.2) is 60.6 Å². The minimum atomic E-state index is -0.813. The van der Waals surface area contributed by atoms with Crippen LogP contribution in [0.4, 0.5) is 45.5 Å². The van der Waals surface area contributed by atoms with Gasteiger partial charge in [-0.25, -0.2) is 0 Å². The molecule has 0 fully saturated rings. The fraction of sp³-hybridized carbons (Fsp3) is 0.310. The van der Waals surface area contributed by atoms with Crippen LogP contribution in [0.5, 0.6) is 0 Å². The van der Waals surface area contributed by atoms with Crippen molar-refractivity contribution in [3.8, 4) is 0 Å². The zero-order chi connectivity index (χ0) is 58.4. The molecule has 1 aliphatic carbocycles. The van der Waals surface area contributed by atoms with Crippen LogP contribution in [0.2, 0.25) is 0 Å². The van der Waals surface area contributed by atoms with E-state index >= 15 is 0 Å². The lowest BCUT2D eigenvalue weighted by Crippen LogP contribution is -3.00. The van der Waals surface area contributed by atoms with Crippen molar-refractivity contribution < 1.29 is 31.3 Å². The molecule has 1 amide bonds. The van der Waals surface area contributed by atoms with Crippen LogP contribution in [0.3, 0.4) is 0 Å². The first-order valence-electron chi connectivity index (χ1n) is 29.9. The van der Waals surface area contributed by atoms with Crippen molar-refractivity contribution >= 4 is 97.0 Å². The average molecular weight is 1190 g/mol. The fourth-order valence-corrected chi connectivity index (χ4v) is 12.7. The number of esters is 1. The Morgan fingerprint density at radius 3 is 2.07 bits per heavy atom. The number of hydrogen-bond donors (Lipinski definition) is 4. The number of amides is 1. The average Bonchev–Trinajstić information content (AvgIpc) is 1.61. The Morgan fingerprint density at radius 2 is 1.34 bits per heavy atom. The maximum atomic E-state index is 13.2. The third-order valence-electron chi connectivity index (χ3n) is 17.0. The molecule has 4 N–H and O–H groups in total. The number of anilines is 3. The molecule has 11 rings (SSSR count). The highest BCUT2D eigenvalue weighted by Crippen LogP contribution is 2.48. The number of carbonyl (C=O) groups is 2. The van der Waals surface area contributed by atoms with Gasteiger partial charge < -0.3 is 43.3 Å². The monoisotopic (exact) mass is 1190 g/mol. The molecule has 2 unspecified atom stereocenters. The highest BCUT2D eigenvalue weighted by molar-refractivity contribution is 6.10. The molecule has 3 heterocycles. The number of nitrogens with one attached hydrogen (secondary N) is 4. The van der Waals surface area contributed by atoms with Crippen LogP contribution in [0.15, 0.2) is 213 Å². The first kappa shape index (κ1) is 62.1. The fourth-order valence-electron chi connectivity index (χ4n) is 12.7. The standard InChI is InChI=1S/C71H76N10O3.2ClH/c1-8-80-61-34-17-15-31-54(61)69(3,4)63(80)36-20-25-48-23-19-24-49(37-42-64-70(5,6)55-32-16-18-35-62(55)81(64)9-2)68(48)73-46-22-45-72-65(82)43-44-66(83)84-47-71(7)74-59-33-21-30-53-58(40-41-60(75-71)67(53)59)79-78-57-39-38-56(51-28-13-14-29-52(51)57)77-76-50-26-11-10-12-27-50;;/h10-18,20-21,25-42,49,73H,8-9,19,22-24,43-47H2,1-7H3,(H2-,72,74,75,76,78,82);2*1H/b25-20+,42-37+,63-36-;;. The summed E-state index contributed by atoms with van der Waals surface area (Å²) in [6.45, 7) is 18.7. The number of fused-ring (bicyclic) bond motifs is 3. The molecular formula is C71H78Cl2N10O3. The number of ether oxygens (including phenoxy) is 1. The Morgan fingerprint density at radius 1 is 0.698 bits per heavy atom. The van der Waals surface area contributed by atoms with Crippen molar-refractivity contribution in [2.24, 2.45) is 26.4 Å². The Labute approximate surface area is 518 Å². The van der Waals surface area contributed by atoms with E-state index in [-0.39, 0.29) is 66.9 Å². The van der Waals surface area contributed by atoms with Crippen molar-refractivity contribution in [1.82, 2.24) is 10.6 Å². The third kappa shape index (κ3) is 12.9. The van der Waals surface area contributed by atoms with E-state index in [2.05, 4.69) is 161 Å². The molecule has 2 atom stereocenters. The number of benzene rings is 7. The van der Waals surface area contributed by atoms with E-state index in [0.717, 1.165) is 88.8 Å². The number of likely N-dealkylation sites (N-methyl/N-ethyl adjacent to an activating group) is 1. The van der Waals surface area contributed by atoms with Gasteiger partial charge in [0.25, 0.3) is 0 Å². The Kier molecular flexibility index (Phi) is 19.4. The number of nitrogens with zero attached hydrogens (tertiary/aromatic N) is 6. The molecule has 0 bridgehead atoms. The Hall–Kier alpha value is -8.39.